The first-order valence-electron chi connectivity index (χ1n) is 7.52. The molecule has 0 bridgehead atoms. The summed E-state index contributed by atoms with van der Waals surface area (Å²) in [5.41, 5.74) is 0. The lowest BCUT2D eigenvalue weighted by Gasteiger charge is -2.33. The molecule has 2 saturated heterocycles. The molecule has 1 amide bonds. The Hall–Kier alpha value is -0.810. The Morgan fingerprint density at radius 1 is 1.37 bits per heavy atom. The van der Waals surface area contributed by atoms with Crippen molar-refractivity contribution in [3.8, 4) is 0 Å². The number of carbonyl (C=O) groups is 1. The van der Waals surface area contributed by atoms with E-state index < -0.39 is 0 Å². The fourth-order valence-electron chi connectivity index (χ4n) is 2.78. The van der Waals surface area contributed by atoms with Crippen LogP contribution in [-0.2, 0) is 9.47 Å². The zero-order chi connectivity index (χ0) is 13.5. The van der Waals surface area contributed by atoms with E-state index >= 15 is 0 Å². The Morgan fingerprint density at radius 3 is 2.79 bits per heavy atom. The van der Waals surface area contributed by atoms with Crippen LogP contribution in [0.3, 0.4) is 0 Å². The highest BCUT2D eigenvalue weighted by Crippen LogP contribution is 2.15. The highest BCUT2D eigenvalue weighted by Gasteiger charge is 2.24. The van der Waals surface area contributed by atoms with Crippen LogP contribution in [0.2, 0.25) is 0 Å². The molecule has 0 aromatic carbocycles. The Balaban J connectivity index is 1.61. The molecule has 5 heteroatoms. The Morgan fingerprint density at radius 2 is 2.16 bits per heavy atom. The van der Waals surface area contributed by atoms with Gasteiger partial charge in [0.25, 0.3) is 0 Å². The number of likely N-dealkylation sites (tertiary alicyclic amines) is 1. The van der Waals surface area contributed by atoms with Crippen molar-refractivity contribution < 1.29 is 14.3 Å². The number of piperidine rings is 1. The van der Waals surface area contributed by atoms with Crippen molar-refractivity contribution in [3.63, 3.8) is 0 Å². The minimum absolute atomic E-state index is 0.165. The van der Waals surface area contributed by atoms with E-state index in [1.807, 2.05) is 11.8 Å². The molecule has 2 heterocycles. The standard InChI is InChI=1S/C14H26N2O3/c1-2-19-14(17)16-7-5-13(6-8-16)15-10-12-4-3-9-18-11-12/h12-13,15H,2-11H2,1H3. The zero-order valence-electron chi connectivity index (χ0n) is 11.9. The van der Waals surface area contributed by atoms with Crippen LogP contribution >= 0.6 is 0 Å². The van der Waals surface area contributed by atoms with Crippen molar-refractivity contribution in [1.29, 1.82) is 0 Å². The molecule has 2 aliphatic heterocycles. The minimum atomic E-state index is -0.165. The van der Waals surface area contributed by atoms with Crippen LogP contribution < -0.4 is 5.32 Å². The van der Waals surface area contributed by atoms with Gasteiger partial charge in [0.1, 0.15) is 0 Å². The number of ether oxygens (including phenoxy) is 2. The number of carbonyl (C=O) groups excluding carboxylic acids is 1. The number of amides is 1. The molecule has 19 heavy (non-hydrogen) atoms. The van der Waals surface area contributed by atoms with Crippen molar-refractivity contribution in [2.24, 2.45) is 5.92 Å². The minimum Gasteiger partial charge on any atom is -0.450 e. The van der Waals surface area contributed by atoms with Gasteiger partial charge in [0.05, 0.1) is 13.2 Å². The summed E-state index contributed by atoms with van der Waals surface area (Å²) in [5.74, 6) is 0.664. The van der Waals surface area contributed by atoms with Gasteiger partial charge in [-0.05, 0) is 38.5 Å². The molecule has 0 saturated carbocycles. The molecule has 0 aliphatic carbocycles. The fraction of sp³-hybridized carbons (Fsp3) is 0.929. The molecule has 0 aromatic heterocycles. The van der Waals surface area contributed by atoms with Crippen LogP contribution in [0.5, 0.6) is 0 Å². The second kappa shape index (κ2) is 7.70. The molecule has 0 aromatic rings. The summed E-state index contributed by atoms with van der Waals surface area (Å²) in [4.78, 5) is 13.4. The Labute approximate surface area is 115 Å². The smallest absolute Gasteiger partial charge is 0.409 e. The van der Waals surface area contributed by atoms with Crippen molar-refractivity contribution in [3.05, 3.63) is 0 Å². The van der Waals surface area contributed by atoms with E-state index in [4.69, 9.17) is 9.47 Å². The van der Waals surface area contributed by atoms with Crippen LogP contribution in [-0.4, -0.2) is 56.5 Å². The van der Waals surface area contributed by atoms with Gasteiger partial charge in [-0.3, -0.25) is 0 Å². The molecule has 2 aliphatic rings. The predicted octanol–water partition coefficient (Wildman–Crippen LogP) is 1.62. The summed E-state index contributed by atoms with van der Waals surface area (Å²) in [5, 5.41) is 3.62. The predicted molar refractivity (Wildman–Crippen MR) is 73.2 cm³/mol. The maximum absolute atomic E-state index is 11.6. The molecular formula is C14H26N2O3. The second-order valence-corrected chi connectivity index (χ2v) is 5.45. The number of nitrogens with one attached hydrogen (secondary N) is 1. The maximum Gasteiger partial charge on any atom is 0.409 e. The summed E-state index contributed by atoms with van der Waals surface area (Å²) >= 11 is 0. The largest absolute Gasteiger partial charge is 0.450 e. The highest BCUT2D eigenvalue weighted by molar-refractivity contribution is 5.67. The van der Waals surface area contributed by atoms with Crippen LogP contribution in [0, 0.1) is 5.92 Å². The first kappa shape index (κ1) is 14.6. The van der Waals surface area contributed by atoms with Gasteiger partial charge in [0.15, 0.2) is 0 Å². The average Bonchev–Trinajstić information content (AvgIpc) is 2.47. The number of hydrogen-bond acceptors (Lipinski definition) is 4. The van der Waals surface area contributed by atoms with Crippen LogP contribution in [0.25, 0.3) is 0 Å². The van der Waals surface area contributed by atoms with E-state index in [9.17, 15) is 4.79 Å². The summed E-state index contributed by atoms with van der Waals surface area (Å²) in [6.07, 6.45) is 4.34. The van der Waals surface area contributed by atoms with E-state index in [0.29, 0.717) is 18.6 Å². The van der Waals surface area contributed by atoms with Crippen molar-refractivity contribution in [2.45, 2.75) is 38.6 Å². The van der Waals surface area contributed by atoms with Gasteiger partial charge in [-0.1, -0.05) is 0 Å². The van der Waals surface area contributed by atoms with Crippen molar-refractivity contribution >= 4 is 6.09 Å². The number of rotatable bonds is 4. The van der Waals surface area contributed by atoms with Crippen LogP contribution in [0.1, 0.15) is 32.6 Å². The molecule has 1 unspecified atom stereocenters. The first-order valence-corrected chi connectivity index (χ1v) is 7.52. The maximum atomic E-state index is 11.6. The lowest BCUT2D eigenvalue weighted by molar-refractivity contribution is 0.0521. The first-order chi connectivity index (χ1) is 9.29. The molecule has 0 spiro atoms. The van der Waals surface area contributed by atoms with Gasteiger partial charge in [-0.25, -0.2) is 4.79 Å². The molecule has 2 rings (SSSR count). The number of hydrogen-bond donors (Lipinski definition) is 1. The third kappa shape index (κ3) is 4.66. The normalized spacial score (nSPS) is 25.3. The molecule has 5 nitrogen and oxygen atoms in total. The van der Waals surface area contributed by atoms with Gasteiger partial charge in [0.2, 0.25) is 0 Å². The fourth-order valence-corrected chi connectivity index (χ4v) is 2.78. The van der Waals surface area contributed by atoms with E-state index in [1.165, 1.54) is 12.8 Å². The molecule has 110 valence electrons. The summed E-state index contributed by atoms with van der Waals surface area (Å²) in [6, 6.07) is 0.535. The monoisotopic (exact) mass is 270 g/mol. The van der Waals surface area contributed by atoms with Crippen LogP contribution in [0.15, 0.2) is 0 Å². The van der Waals surface area contributed by atoms with Crippen molar-refractivity contribution in [2.75, 3.05) is 39.5 Å². The van der Waals surface area contributed by atoms with Crippen molar-refractivity contribution in [1.82, 2.24) is 10.2 Å². The Bertz CT molecular complexity index is 272. The SMILES string of the molecule is CCOC(=O)N1CCC(NCC2CCCOC2)CC1. The molecule has 1 atom stereocenters. The number of nitrogens with zero attached hydrogens (tertiary/aromatic N) is 1. The topological polar surface area (TPSA) is 50.8 Å². The molecular weight excluding hydrogens is 244 g/mol. The van der Waals surface area contributed by atoms with E-state index in [2.05, 4.69) is 5.32 Å². The Kier molecular flexibility index (Phi) is 5.92. The third-order valence-electron chi connectivity index (χ3n) is 3.97. The summed E-state index contributed by atoms with van der Waals surface area (Å²) < 4.78 is 10.5. The lowest BCUT2D eigenvalue weighted by atomic mass is 10.00. The molecule has 1 N–H and O–H groups in total. The van der Waals surface area contributed by atoms with Gasteiger partial charge in [0, 0.05) is 32.3 Å². The molecule has 2 fully saturated rings. The van der Waals surface area contributed by atoms with Crippen LogP contribution in [0.4, 0.5) is 4.79 Å². The third-order valence-corrected chi connectivity index (χ3v) is 3.97. The van der Waals surface area contributed by atoms with Gasteiger partial charge in [-0.2, -0.15) is 0 Å². The second-order valence-electron chi connectivity index (χ2n) is 5.45. The average molecular weight is 270 g/mol. The van der Waals surface area contributed by atoms with E-state index in [1.54, 1.807) is 0 Å². The zero-order valence-corrected chi connectivity index (χ0v) is 11.9. The summed E-state index contributed by atoms with van der Waals surface area (Å²) in [6.45, 7) is 6.78. The highest BCUT2D eigenvalue weighted by atomic mass is 16.6. The van der Waals surface area contributed by atoms with Gasteiger partial charge < -0.3 is 19.7 Å². The quantitative estimate of drug-likeness (QED) is 0.843. The van der Waals surface area contributed by atoms with E-state index in [0.717, 1.165) is 45.7 Å². The molecule has 0 radical (unpaired) electrons. The summed E-state index contributed by atoms with van der Waals surface area (Å²) in [7, 11) is 0. The van der Waals surface area contributed by atoms with Gasteiger partial charge >= 0.3 is 6.09 Å². The van der Waals surface area contributed by atoms with Gasteiger partial charge in [-0.15, -0.1) is 0 Å². The lowest BCUT2D eigenvalue weighted by Crippen LogP contribution is -2.46. The van der Waals surface area contributed by atoms with E-state index in [-0.39, 0.29) is 6.09 Å².